The summed E-state index contributed by atoms with van der Waals surface area (Å²) in [7, 11) is -9.97. The van der Waals surface area contributed by atoms with Gasteiger partial charge in [0.1, 0.15) is 16.0 Å². The van der Waals surface area contributed by atoms with Crippen molar-refractivity contribution in [2.24, 2.45) is 5.92 Å². The third-order valence-corrected chi connectivity index (χ3v) is 6.00. The Bertz CT molecular complexity index is 624. The minimum absolute atomic E-state index is 0.113. The Balaban J connectivity index is 2.13. The van der Waals surface area contributed by atoms with Gasteiger partial charge in [0.05, 0.1) is 19.8 Å². The maximum atomic E-state index is 13.1. The molecular formula is C14H16ClF5O3S. The van der Waals surface area contributed by atoms with Gasteiger partial charge in [0.2, 0.25) is 0 Å². The molecule has 24 heavy (non-hydrogen) atoms. The SMILES string of the molecule is CCOC(=O)[C@@H]1[C@@H](S(F)(F)(F)(F)F)[C@@]1(Cl)COCc1ccccc1. The fraction of sp³-hybridized carbons (Fsp3) is 0.500. The van der Waals surface area contributed by atoms with E-state index in [4.69, 9.17) is 16.3 Å². The molecule has 0 radical (unpaired) electrons. The van der Waals surface area contributed by atoms with Crippen molar-refractivity contribution in [1.29, 1.82) is 0 Å². The molecule has 1 aliphatic carbocycles. The van der Waals surface area contributed by atoms with Crippen molar-refractivity contribution in [3.63, 3.8) is 0 Å². The predicted octanol–water partition coefficient (Wildman–Crippen LogP) is 5.04. The molecule has 0 aliphatic heterocycles. The molecule has 0 amide bonds. The smallest absolute Gasteiger partial charge is 0.312 e. The molecule has 0 N–H and O–H groups in total. The summed E-state index contributed by atoms with van der Waals surface area (Å²) in [5.74, 6) is -3.57. The minimum atomic E-state index is -9.97. The first kappa shape index (κ1) is 19.3. The van der Waals surface area contributed by atoms with E-state index in [0.717, 1.165) is 0 Å². The van der Waals surface area contributed by atoms with Crippen molar-refractivity contribution in [1.82, 2.24) is 0 Å². The zero-order chi connectivity index (χ0) is 18.3. The number of halogens is 6. The Morgan fingerprint density at radius 1 is 1.21 bits per heavy atom. The van der Waals surface area contributed by atoms with Crippen molar-refractivity contribution in [3.05, 3.63) is 35.9 Å². The lowest BCUT2D eigenvalue weighted by Gasteiger charge is -2.41. The molecule has 0 aromatic heterocycles. The highest BCUT2D eigenvalue weighted by Crippen LogP contribution is 3.06. The average Bonchev–Trinajstić information content (AvgIpc) is 3.06. The minimum Gasteiger partial charge on any atom is -0.466 e. The van der Waals surface area contributed by atoms with Crippen LogP contribution in [-0.4, -0.2) is 29.3 Å². The first-order chi connectivity index (χ1) is 10.8. The lowest BCUT2D eigenvalue weighted by molar-refractivity contribution is -0.145. The molecule has 138 valence electrons. The third kappa shape index (κ3) is 4.12. The first-order valence-corrected chi connectivity index (χ1v) is 9.39. The quantitative estimate of drug-likeness (QED) is 0.369. The highest BCUT2D eigenvalue weighted by atomic mass is 35.5. The van der Waals surface area contributed by atoms with Gasteiger partial charge in [0.15, 0.2) is 0 Å². The fourth-order valence-electron chi connectivity index (χ4n) is 2.63. The van der Waals surface area contributed by atoms with Crippen LogP contribution in [-0.2, 0) is 20.9 Å². The Kier molecular flexibility index (Phi) is 4.39. The normalized spacial score (nSPS) is 29.5. The Morgan fingerprint density at radius 2 is 1.79 bits per heavy atom. The molecule has 3 nitrogen and oxygen atoms in total. The molecular weight excluding hydrogens is 379 g/mol. The van der Waals surface area contributed by atoms with Crippen LogP contribution in [0.25, 0.3) is 0 Å². The monoisotopic (exact) mass is 394 g/mol. The standard InChI is InChI=1S/C14H16ClF5O3S/c1-2-23-13(21)11-12(24(16,17,18,19)20)14(11,15)9-22-8-10-6-4-3-5-7-10/h3-7,11-12H,2,8-9H2,1H3/t11-,12+,14+/m0/s1. The maximum absolute atomic E-state index is 13.1. The largest absolute Gasteiger partial charge is 0.466 e. The van der Waals surface area contributed by atoms with E-state index >= 15 is 0 Å². The van der Waals surface area contributed by atoms with Gasteiger partial charge in [-0.3, -0.25) is 4.79 Å². The summed E-state index contributed by atoms with van der Waals surface area (Å²) in [5.41, 5.74) is 0.634. The summed E-state index contributed by atoms with van der Waals surface area (Å²) in [5, 5.41) is -3.26. The van der Waals surface area contributed by atoms with E-state index in [2.05, 4.69) is 4.74 Å². The molecule has 0 heterocycles. The van der Waals surface area contributed by atoms with Crippen molar-refractivity contribution >= 4 is 27.8 Å². The van der Waals surface area contributed by atoms with E-state index in [0.29, 0.717) is 5.56 Å². The summed E-state index contributed by atoms with van der Waals surface area (Å²) >= 11 is 5.74. The number of alkyl halides is 1. The summed E-state index contributed by atoms with van der Waals surface area (Å²) < 4.78 is 75.3. The van der Waals surface area contributed by atoms with E-state index in [9.17, 15) is 24.2 Å². The number of carbonyl (C=O) groups is 1. The van der Waals surface area contributed by atoms with Gasteiger partial charge in [-0.05, 0) is 12.5 Å². The van der Waals surface area contributed by atoms with E-state index < -0.39 is 38.8 Å². The van der Waals surface area contributed by atoms with Crippen LogP contribution in [0.5, 0.6) is 0 Å². The van der Waals surface area contributed by atoms with Gasteiger partial charge in [-0.1, -0.05) is 49.8 Å². The molecule has 3 atom stereocenters. The summed E-state index contributed by atoms with van der Waals surface area (Å²) in [6.45, 7) is 0.165. The van der Waals surface area contributed by atoms with E-state index in [1.165, 1.54) is 6.92 Å². The van der Waals surface area contributed by atoms with Gasteiger partial charge in [0, 0.05) is 0 Å². The molecule has 10 heteroatoms. The second-order valence-corrected chi connectivity index (χ2v) is 8.85. The number of rotatable bonds is 7. The summed E-state index contributed by atoms with van der Waals surface area (Å²) in [4.78, 5) is 9.07. The van der Waals surface area contributed by atoms with Crippen LogP contribution in [0.15, 0.2) is 30.3 Å². The Hall–Kier alpha value is -1.06. The van der Waals surface area contributed by atoms with E-state index in [-0.39, 0.29) is 13.2 Å². The second kappa shape index (κ2) is 5.47. The van der Waals surface area contributed by atoms with Crippen LogP contribution in [0.1, 0.15) is 12.5 Å². The van der Waals surface area contributed by atoms with Crippen LogP contribution in [0.2, 0.25) is 0 Å². The van der Waals surface area contributed by atoms with Crippen LogP contribution in [0.3, 0.4) is 0 Å². The highest BCUT2D eigenvalue weighted by Gasteiger charge is 2.90. The molecule has 1 saturated carbocycles. The molecule has 0 unspecified atom stereocenters. The van der Waals surface area contributed by atoms with Gasteiger partial charge in [-0.25, -0.2) is 0 Å². The lowest BCUT2D eigenvalue weighted by atomic mass is 10.2. The second-order valence-electron chi connectivity index (χ2n) is 5.58. The number of benzene rings is 1. The third-order valence-electron chi connectivity index (χ3n) is 3.64. The summed E-state index contributed by atoms with van der Waals surface area (Å²) in [6.07, 6.45) is 0. The molecule has 0 saturated heterocycles. The number of hydrogen-bond donors (Lipinski definition) is 0. The maximum Gasteiger partial charge on any atom is 0.312 e. The Labute approximate surface area is 140 Å². The number of esters is 1. The fourth-order valence-corrected chi connectivity index (χ4v) is 5.31. The Morgan fingerprint density at radius 3 is 2.29 bits per heavy atom. The van der Waals surface area contributed by atoms with Gasteiger partial charge >= 0.3 is 5.97 Å². The highest BCUT2D eigenvalue weighted by molar-refractivity contribution is 8.46. The van der Waals surface area contributed by atoms with Gasteiger partial charge in [-0.2, -0.15) is 0 Å². The van der Waals surface area contributed by atoms with Crippen molar-refractivity contribution < 1.29 is 33.7 Å². The van der Waals surface area contributed by atoms with Gasteiger partial charge in [0.25, 0.3) is 10.2 Å². The predicted molar refractivity (Wildman–Crippen MR) is 81.7 cm³/mol. The zero-order valence-electron chi connectivity index (χ0n) is 12.6. The topological polar surface area (TPSA) is 35.5 Å². The molecule has 0 bridgehead atoms. The van der Waals surface area contributed by atoms with Crippen LogP contribution >= 0.6 is 21.8 Å². The zero-order valence-corrected chi connectivity index (χ0v) is 14.1. The number of hydrogen-bond acceptors (Lipinski definition) is 3. The molecule has 1 aromatic carbocycles. The van der Waals surface area contributed by atoms with Crippen molar-refractivity contribution in [2.45, 2.75) is 23.7 Å². The molecule has 1 aromatic rings. The molecule has 0 spiro atoms. The van der Waals surface area contributed by atoms with Gasteiger partial charge in [-0.15, -0.1) is 11.6 Å². The van der Waals surface area contributed by atoms with E-state index in [1.54, 1.807) is 30.3 Å². The lowest BCUT2D eigenvalue weighted by Crippen LogP contribution is -2.24. The van der Waals surface area contributed by atoms with Crippen molar-refractivity contribution in [3.8, 4) is 0 Å². The van der Waals surface area contributed by atoms with Gasteiger partial charge < -0.3 is 9.47 Å². The molecule has 1 fully saturated rings. The van der Waals surface area contributed by atoms with E-state index in [1.807, 2.05) is 0 Å². The first-order valence-electron chi connectivity index (χ1n) is 6.99. The average molecular weight is 395 g/mol. The van der Waals surface area contributed by atoms with Crippen molar-refractivity contribution in [2.75, 3.05) is 13.2 Å². The van der Waals surface area contributed by atoms with Crippen LogP contribution in [0, 0.1) is 5.92 Å². The number of ether oxygens (including phenoxy) is 2. The number of carbonyl (C=O) groups excluding carboxylic acids is 1. The van der Waals surface area contributed by atoms with Crippen LogP contribution in [0.4, 0.5) is 19.4 Å². The van der Waals surface area contributed by atoms with Crippen LogP contribution < -0.4 is 0 Å². The summed E-state index contributed by atoms with van der Waals surface area (Å²) in [6, 6.07) is 8.40. The molecule has 2 rings (SSSR count). The molecule has 1 aliphatic rings.